The molecule has 0 aliphatic heterocycles. The molecule has 3 aromatic rings. The average molecular weight is 471 g/mol. The van der Waals surface area contributed by atoms with Gasteiger partial charge in [0.15, 0.2) is 0 Å². The summed E-state index contributed by atoms with van der Waals surface area (Å²) in [7, 11) is -2.92. The van der Waals surface area contributed by atoms with E-state index in [9.17, 15) is 22.9 Å². The molecule has 0 N–H and O–H groups in total. The molecule has 0 fully saturated rings. The number of aryl methyl sites for hydroxylation is 1. The summed E-state index contributed by atoms with van der Waals surface area (Å²) in [5, 5.41) is 11.6. The van der Waals surface area contributed by atoms with Crippen LogP contribution in [-0.4, -0.2) is 32.9 Å². The molecular formula is C24H23FN2O5S. The number of ether oxygens (including phenoxy) is 1. The first-order chi connectivity index (χ1) is 15.7. The summed E-state index contributed by atoms with van der Waals surface area (Å²) in [5.41, 5.74) is 1.91. The number of nitro groups is 1. The minimum Gasteiger partial charge on any atom is -0.483 e. The minimum atomic E-state index is -4.17. The second kappa shape index (κ2) is 10.4. The van der Waals surface area contributed by atoms with Gasteiger partial charge in [-0.3, -0.25) is 10.1 Å². The lowest BCUT2D eigenvalue weighted by Gasteiger charge is -2.26. The molecule has 0 radical (unpaired) electrons. The van der Waals surface area contributed by atoms with Crippen LogP contribution in [0.4, 0.5) is 4.39 Å². The Balaban J connectivity index is 2.20. The maximum atomic E-state index is 13.6. The average Bonchev–Trinajstić information content (AvgIpc) is 2.79. The van der Waals surface area contributed by atoms with Crippen LogP contribution in [0.1, 0.15) is 28.5 Å². The number of nitrogens with zero attached hydrogens (tertiary/aromatic N) is 2. The second-order valence-corrected chi connectivity index (χ2v) is 9.09. The van der Waals surface area contributed by atoms with E-state index in [0.717, 1.165) is 5.56 Å². The van der Waals surface area contributed by atoms with Crippen LogP contribution in [0.3, 0.4) is 0 Å². The van der Waals surface area contributed by atoms with Gasteiger partial charge in [-0.15, -0.1) is 4.40 Å². The lowest BCUT2D eigenvalue weighted by molar-refractivity contribution is -0.483. The molecule has 7 nitrogen and oxygen atoms in total. The lowest BCUT2D eigenvalue weighted by Crippen LogP contribution is -2.28. The summed E-state index contributed by atoms with van der Waals surface area (Å²) in [6, 6.07) is 20.1. The van der Waals surface area contributed by atoms with E-state index in [1.165, 1.54) is 43.5 Å². The van der Waals surface area contributed by atoms with Crippen LogP contribution in [0.5, 0.6) is 0 Å². The number of benzene rings is 3. The molecule has 172 valence electrons. The van der Waals surface area contributed by atoms with E-state index in [1.54, 1.807) is 42.5 Å². The predicted molar refractivity (Wildman–Crippen MR) is 123 cm³/mol. The van der Waals surface area contributed by atoms with E-state index in [1.807, 2.05) is 6.92 Å². The fraction of sp³-hybridized carbons (Fsp3) is 0.208. The number of methoxy groups -OCH3 is 1. The molecule has 2 atom stereocenters. The Hall–Kier alpha value is -3.59. The summed E-state index contributed by atoms with van der Waals surface area (Å²) in [6.07, 6.45) is 0. The Morgan fingerprint density at radius 3 is 2.15 bits per heavy atom. The first kappa shape index (κ1) is 24.1. The topological polar surface area (TPSA) is 98.9 Å². The van der Waals surface area contributed by atoms with Crippen LogP contribution >= 0.6 is 0 Å². The summed E-state index contributed by atoms with van der Waals surface area (Å²) in [4.78, 5) is 11.1. The van der Waals surface area contributed by atoms with Crippen molar-refractivity contribution in [2.45, 2.75) is 23.7 Å². The van der Waals surface area contributed by atoms with E-state index in [-0.39, 0.29) is 10.8 Å². The minimum absolute atomic E-state index is 0.0361. The van der Waals surface area contributed by atoms with Gasteiger partial charge in [-0.2, -0.15) is 8.42 Å². The van der Waals surface area contributed by atoms with E-state index in [2.05, 4.69) is 4.40 Å². The van der Waals surface area contributed by atoms with Crippen LogP contribution in [0.25, 0.3) is 0 Å². The third kappa shape index (κ3) is 6.01. The second-order valence-electron chi connectivity index (χ2n) is 7.48. The highest BCUT2D eigenvalue weighted by Gasteiger charge is 2.35. The highest BCUT2D eigenvalue weighted by molar-refractivity contribution is 7.90. The zero-order valence-corrected chi connectivity index (χ0v) is 18.9. The van der Waals surface area contributed by atoms with Gasteiger partial charge in [-0.25, -0.2) is 4.39 Å². The number of hydrogen-bond donors (Lipinski definition) is 0. The molecule has 0 spiro atoms. The molecule has 0 aromatic heterocycles. The fourth-order valence-corrected chi connectivity index (χ4v) is 4.59. The zero-order chi connectivity index (χ0) is 24.0. The Labute approximate surface area is 191 Å². The molecule has 0 amide bonds. The van der Waals surface area contributed by atoms with Crippen molar-refractivity contribution in [1.82, 2.24) is 0 Å². The number of sulfonamides is 1. The third-order valence-corrected chi connectivity index (χ3v) is 6.50. The van der Waals surface area contributed by atoms with Crippen molar-refractivity contribution in [2.75, 3.05) is 13.7 Å². The Morgan fingerprint density at radius 2 is 1.61 bits per heavy atom. The number of halogens is 1. The SMILES string of the molecule is CO/C(=N\S(=O)(=O)c1ccc(C)cc1)C(c1ccc(F)cc1)C(C[N+](=O)[O-])c1ccccc1. The molecule has 0 bridgehead atoms. The number of rotatable bonds is 8. The van der Waals surface area contributed by atoms with Crippen LogP contribution in [0, 0.1) is 22.9 Å². The van der Waals surface area contributed by atoms with Crippen molar-refractivity contribution >= 4 is 15.9 Å². The lowest BCUT2D eigenvalue weighted by atomic mass is 9.81. The molecule has 2 unspecified atom stereocenters. The number of hydrogen-bond acceptors (Lipinski definition) is 5. The van der Waals surface area contributed by atoms with Crippen LogP contribution in [-0.2, 0) is 14.8 Å². The molecule has 0 saturated carbocycles. The molecule has 0 saturated heterocycles. The van der Waals surface area contributed by atoms with Gasteiger partial charge in [0.25, 0.3) is 10.0 Å². The van der Waals surface area contributed by atoms with Crippen LogP contribution in [0.2, 0.25) is 0 Å². The summed E-state index contributed by atoms with van der Waals surface area (Å²) < 4.78 is 49.0. The highest BCUT2D eigenvalue weighted by Crippen LogP contribution is 2.36. The normalized spacial score (nSPS) is 13.8. The van der Waals surface area contributed by atoms with E-state index in [0.29, 0.717) is 11.1 Å². The molecule has 0 aliphatic carbocycles. The predicted octanol–water partition coefficient (Wildman–Crippen LogP) is 4.71. The van der Waals surface area contributed by atoms with Crippen molar-refractivity contribution in [3.8, 4) is 0 Å². The van der Waals surface area contributed by atoms with Gasteiger partial charge in [-0.1, -0.05) is 60.2 Å². The maximum Gasteiger partial charge on any atom is 0.285 e. The molecule has 9 heteroatoms. The van der Waals surface area contributed by atoms with Gasteiger partial charge < -0.3 is 4.74 Å². The van der Waals surface area contributed by atoms with Crippen LogP contribution in [0.15, 0.2) is 88.2 Å². The zero-order valence-electron chi connectivity index (χ0n) is 18.1. The Morgan fingerprint density at radius 1 is 1.00 bits per heavy atom. The van der Waals surface area contributed by atoms with Crippen molar-refractivity contribution in [3.63, 3.8) is 0 Å². The van der Waals surface area contributed by atoms with Gasteiger partial charge in [0.05, 0.1) is 23.8 Å². The monoisotopic (exact) mass is 470 g/mol. The Kier molecular flexibility index (Phi) is 7.55. The van der Waals surface area contributed by atoms with Gasteiger partial charge in [0.2, 0.25) is 12.4 Å². The standard InChI is InChI=1S/C24H23FN2O5S/c1-17-8-14-21(15-9-17)33(30,31)26-24(32-2)23(19-10-12-20(25)13-11-19)22(16-27(28)29)18-6-4-3-5-7-18/h3-15,22-23H,16H2,1-2H3/b26-24-. The van der Waals surface area contributed by atoms with Crippen molar-refractivity contribution in [3.05, 3.63) is 111 Å². The van der Waals surface area contributed by atoms with Gasteiger partial charge in [-0.05, 0) is 42.3 Å². The summed E-state index contributed by atoms with van der Waals surface area (Å²) in [6.45, 7) is 1.31. The van der Waals surface area contributed by atoms with E-state index < -0.39 is 39.1 Å². The van der Waals surface area contributed by atoms with E-state index >= 15 is 0 Å². The quantitative estimate of drug-likeness (QED) is 0.205. The van der Waals surface area contributed by atoms with Crippen LogP contribution < -0.4 is 0 Å². The third-order valence-electron chi connectivity index (χ3n) is 5.21. The maximum absolute atomic E-state index is 13.6. The first-order valence-electron chi connectivity index (χ1n) is 10.1. The van der Waals surface area contributed by atoms with Crippen molar-refractivity contribution < 1.29 is 22.5 Å². The molecule has 33 heavy (non-hydrogen) atoms. The van der Waals surface area contributed by atoms with Gasteiger partial charge >= 0.3 is 0 Å². The summed E-state index contributed by atoms with van der Waals surface area (Å²) >= 11 is 0. The van der Waals surface area contributed by atoms with Crippen molar-refractivity contribution in [2.24, 2.45) is 4.40 Å². The fourth-order valence-electron chi connectivity index (χ4n) is 3.58. The first-order valence-corrected chi connectivity index (χ1v) is 11.5. The largest absolute Gasteiger partial charge is 0.483 e. The molecule has 3 aromatic carbocycles. The molecular weight excluding hydrogens is 447 g/mol. The summed E-state index contributed by atoms with van der Waals surface area (Å²) in [5.74, 6) is -2.49. The van der Waals surface area contributed by atoms with Gasteiger partial charge in [0, 0.05) is 4.92 Å². The smallest absolute Gasteiger partial charge is 0.285 e. The molecule has 0 aliphatic rings. The molecule has 3 rings (SSSR count). The van der Waals surface area contributed by atoms with Crippen molar-refractivity contribution in [1.29, 1.82) is 0 Å². The highest BCUT2D eigenvalue weighted by atomic mass is 32.2. The molecule has 0 heterocycles. The van der Waals surface area contributed by atoms with E-state index in [4.69, 9.17) is 4.74 Å². The Bertz CT molecular complexity index is 1230. The van der Waals surface area contributed by atoms with Gasteiger partial charge in [0.1, 0.15) is 5.82 Å².